The number of methoxy groups -OCH3 is 1. The maximum atomic E-state index is 15.7. The number of hydrogen-bond acceptors (Lipinski definition) is 10. The third-order valence-electron chi connectivity index (χ3n) is 11.8. The monoisotopic (exact) mass is 814 g/mol. The van der Waals surface area contributed by atoms with Gasteiger partial charge in [0.2, 0.25) is 11.8 Å². The predicted octanol–water partition coefficient (Wildman–Crippen LogP) is 7.33. The minimum Gasteiger partial charge on any atom is -0.493 e. The molecule has 2 aromatic heterocycles. The third-order valence-corrected chi connectivity index (χ3v) is 12.1. The van der Waals surface area contributed by atoms with Crippen LogP contribution in [0.3, 0.4) is 0 Å². The number of nitrogens with zero attached hydrogens (tertiary/aromatic N) is 6. The van der Waals surface area contributed by atoms with E-state index < -0.39 is 11.9 Å². The van der Waals surface area contributed by atoms with Gasteiger partial charge in [-0.25, -0.2) is 18.7 Å². The lowest BCUT2D eigenvalue weighted by atomic mass is 9.94. The van der Waals surface area contributed by atoms with E-state index in [0.717, 1.165) is 74.7 Å². The molecule has 0 bridgehead atoms. The number of anilines is 3. The summed E-state index contributed by atoms with van der Waals surface area (Å²) in [6.07, 6.45) is 9.00. The van der Waals surface area contributed by atoms with E-state index in [4.69, 9.17) is 21.1 Å². The number of rotatable bonds is 12. The molecule has 0 radical (unpaired) electrons. The minimum atomic E-state index is -0.491. The number of fused-ring (bicyclic) bond motifs is 2. The van der Waals surface area contributed by atoms with Gasteiger partial charge in [-0.15, -0.1) is 0 Å². The average molecular weight is 815 g/mol. The highest BCUT2D eigenvalue weighted by Gasteiger charge is 2.34. The van der Waals surface area contributed by atoms with E-state index in [9.17, 15) is 14.0 Å². The van der Waals surface area contributed by atoms with Crippen LogP contribution in [0.4, 0.5) is 26.0 Å². The Labute approximate surface area is 341 Å². The quantitative estimate of drug-likeness (QED) is 0.0981. The summed E-state index contributed by atoms with van der Waals surface area (Å²) in [4.78, 5) is 40.2. The topological polar surface area (TPSA) is 117 Å². The number of halogens is 3. The second-order valence-electron chi connectivity index (χ2n) is 15.9. The fraction of sp³-hybridized carbons (Fsp3) is 0.442. The van der Waals surface area contributed by atoms with Crippen LogP contribution < -0.4 is 25.0 Å². The normalized spacial score (nSPS) is 21.1. The Balaban J connectivity index is 0.811. The number of hydrogen-bond donors (Lipinski definition) is 2. The van der Waals surface area contributed by atoms with Crippen LogP contribution in [0.5, 0.6) is 11.5 Å². The molecule has 3 fully saturated rings. The van der Waals surface area contributed by atoms with Crippen LogP contribution in [0.25, 0.3) is 21.7 Å². The van der Waals surface area contributed by atoms with E-state index in [0.29, 0.717) is 59.6 Å². The van der Waals surface area contributed by atoms with Crippen LogP contribution in [0.15, 0.2) is 61.2 Å². The summed E-state index contributed by atoms with van der Waals surface area (Å²) in [6.45, 7) is 10.6. The van der Waals surface area contributed by atoms with Gasteiger partial charge in [0.1, 0.15) is 29.8 Å². The SMILES string of the molecule is COc1cc2ncnc(Nc3ccc(F)c(Cl)c3)c2cc1OCCCN1CCC(CN2CC(C)N(c3cc4cn(C5CCC(=O)NC5=O)cc4cc3F)C(C)C2)CC1. The predicted molar refractivity (Wildman–Crippen MR) is 221 cm³/mol. The van der Waals surface area contributed by atoms with E-state index in [1.165, 1.54) is 18.5 Å². The summed E-state index contributed by atoms with van der Waals surface area (Å²) in [6, 6.07) is 11.4. The highest BCUT2D eigenvalue weighted by atomic mass is 35.5. The molecule has 3 atom stereocenters. The molecule has 0 spiro atoms. The molecule has 5 aromatic rings. The molecule has 3 saturated heterocycles. The highest BCUT2D eigenvalue weighted by Crippen LogP contribution is 2.36. The molecule has 0 aliphatic carbocycles. The molecule has 58 heavy (non-hydrogen) atoms. The summed E-state index contributed by atoms with van der Waals surface area (Å²) in [7, 11) is 1.60. The third kappa shape index (κ3) is 8.55. The van der Waals surface area contributed by atoms with Crippen molar-refractivity contribution in [3.63, 3.8) is 0 Å². The zero-order valence-electron chi connectivity index (χ0n) is 33.0. The van der Waals surface area contributed by atoms with Gasteiger partial charge in [-0.3, -0.25) is 19.8 Å². The number of amides is 2. The lowest BCUT2D eigenvalue weighted by Gasteiger charge is -2.47. The molecule has 15 heteroatoms. The number of benzene rings is 3. The number of piperidine rings is 2. The van der Waals surface area contributed by atoms with E-state index in [1.54, 1.807) is 25.4 Å². The van der Waals surface area contributed by atoms with Crippen molar-refractivity contribution in [2.45, 2.75) is 64.1 Å². The summed E-state index contributed by atoms with van der Waals surface area (Å²) >= 11 is 5.99. The average Bonchev–Trinajstić information content (AvgIpc) is 3.60. The van der Waals surface area contributed by atoms with Crippen molar-refractivity contribution in [2.24, 2.45) is 5.92 Å². The van der Waals surface area contributed by atoms with Crippen molar-refractivity contribution in [3.05, 3.63) is 77.8 Å². The highest BCUT2D eigenvalue weighted by molar-refractivity contribution is 6.31. The fourth-order valence-corrected chi connectivity index (χ4v) is 9.13. The first-order valence-electron chi connectivity index (χ1n) is 20.1. The molecule has 8 rings (SSSR count). The van der Waals surface area contributed by atoms with Gasteiger partial charge in [-0.05, 0) is 94.9 Å². The molecule has 5 heterocycles. The summed E-state index contributed by atoms with van der Waals surface area (Å²) in [5.41, 5.74) is 1.87. The van der Waals surface area contributed by atoms with Crippen molar-refractivity contribution in [1.82, 2.24) is 29.7 Å². The molecule has 0 saturated carbocycles. The first-order valence-corrected chi connectivity index (χ1v) is 20.5. The van der Waals surface area contributed by atoms with E-state index in [1.807, 2.05) is 29.0 Å². The summed E-state index contributed by atoms with van der Waals surface area (Å²) in [5.74, 6) is 1.01. The van der Waals surface area contributed by atoms with Crippen molar-refractivity contribution in [1.29, 1.82) is 0 Å². The number of nitrogens with one attached hydrogen (secondary N) is 2. The smallest absolute Gasteiger partial charge is 0.249 e. The molecule has 2 N–H and O–H groups in total. The van der Waals surface area contributed by atoms with Crippen LogP contribution in [0.1, 0.15) is 52.0 Å². The number of ether oxygens (including phenoxy) is 2. The second kappa shape index (κ2) is 17.0. The van der Waals surface area contributed by atoms with Gasteiger partial charge in [-0.2, -0.15) is 0 Å². The molecule has 3 aliphatic rings. The minimum absolute atomic E-state index is 0.0190. The number of aromatic nitrogens is 3. The Kier molecular flexibility index (Phi) is 11.7. The molecule has 2 amide bonds. The number of piperazine rings is 1. The van der Waals surface area contributed by atoms with Crippen molar-refractivity contribution in [3.8, 4) is 11.5 Å². The van der Waals surface area contributed by atoms with Crippen LogP contribution in [0.2, 0.25) is 5.02 Å². The summed E-state index contributed by atoms with van der Waals surface area (Å²) < 4.78 is 43.1. The fourth-order valence-electron chi connectivity index (χ4n) is 8.95. The van der Waals surface area contributed by atoms with Crippen molar-refractivity contribution >= 4 is 62.3 Å². The molecular formula is C43H49ClF2N8O4. The first-order chi connectivity index (χ1) is 28.0. The Morgan fingerprint density at radius 2 is 1.67 bits per heavy atom. The lowest BCUT2D eigenvalue weighted by Crippen LogP contribution is -2.58. The van der Waals surface area contributed by atoms with E-state index in [-0.39, 0.29) is 34.7 Å². The van der Waals surface area contributed by atoms with Crippen LogP contribution >= 0.6 is 11.6 Å². The number of imide groups is 1. The van der Waals surface area contributed by atoms with Gasteiger partial charge in [0.05, 0.1) is 29.9 Å². The lowest BCUT2D eigenvalue weighted by molar-refractivity contribution is -0.135. The van der Waals surface area contributed by atoms with Gasteiger partial charge in [0, 0.05) is 85.0 Å². The Morgan fingerprint density at radius 1 is 0.914 bits per heavy atom. The van der Waals surface area contributed by atoms with Crippen LogP contribution in [0, 0.1) is 17.6 Å². The van der Waals surface area contributed by atoms with Gasteiger partial charge in [-0.1, -0.05) is 11.6 Å². The second-order valence-corrected chi connectivity index (χ2v) is 16.3. The van der Waals surface area contributed by atoms with Crippen molar-refractivity contribution in [2.75, 3.05) is 63.2 Å². The van der Waals surface area contributed by atoms with E-state index >= 15 is 4.39 Å². The van der Waals surface area contributed by atoms with Crippen molar-refractivity contribution < 1.29 is 27.8 Å². The summed E-state index contributed by atoms with van der Waals surface area (Å²) in [5, 5.41) is 8.00. The molecule has 3 aliphatic heterocycles. The van der Waals surface area contributed by atoms with Crippen LogP contribution in [-0.2, 0) is 9.59 Å². The largest absolute Gasteiger partial charge is 0.493 e. The molecule has 3 aromatic carbocycles. The molecule has 3 unspecified atom stereocenters. The number of carbonyl (C=O) groups is 2. The van der Waals surface area contributed by atoms with Gasteiger partial charge < -0.3 is 29.2 Å². The van der Waals surface area contributed by atoms with E-state index in [2.05, 4.69) is 49.1 Å². The van der Waals surface area contributed by atoms with Crippen LogP contribution in [-0.4, -0.2) is 101 Å². The maximum absolute atomic E-state index is 15.7. The Bertz CT molecular complexity index is 2310. The molecular weight excluding hydrogens is 766 g/mol. The molecule has 12 nitrogen and oxygen atoms in total. The Hall–Kier alpha value is -5.05. The maximum Gasteiger partial charge on any atom is 0.249 e. The number of likely N-dealkylation sites (tertiary alicyclic amines) is 1. The van der Waals surface area contributed by atoms with Gasteiger partial charge in [0.25, 0.3) is 0 Å². The zero-order chi connectivity index (χ0) is 40.5. The molecule has 306 valence electrons. The van der Waals surface area contributed by atoms with Gasteiger partial charge >= 0.3 is 0 Å². The Morgan fingerprint density at radius 3 is 2.40 bits per heavy atom. The van der Waals surface area contributed by atoms with Gasteiger partial charge in [0.15, 0.2) is 11.5 Å². The first kappa shape index (κ1) is 39.8. The number of carbonyl (C=O) groups excluding carboxylic acids is 2. The standard InChI is InChI=1S/C43H49ClF2N8O4/c1-26-20-52(21-27(2)54(26)38-16-30-24-53(23-29(30)15-35(38)46)37-7-8-41(55)50-43(37)56)22-28-9-12-51(13-10-28)11-4-14-58-40-18-32-36(19-39(40)57-3)47-25-48-42(32)49-31-5-6-34(45)33(44)17-31/h5-6,15-19,23-28,37H,4,7-14,20-22H2,1-3H3,(H,47,48,49)(H,50,55,56). The zero-order valence-corrected chi connectivity index (χ0v) is 33.8.